The van der Waals surface area contributed by atoms with Crippen molar-refractivity contribution < 1.29 is 0 Å². The molecule has 0 heterocycles. The average molecular weight is 223 g/mol. The summed E-state index contributed by atoms with van der Waals surface area (Å²) in [4.78, 5) is 0. The van der Waals surface area contributed by atoms with Gasteiger partial charge in [0.15, 0.2) is 4.33 Å². The van der Waals surface area contributed by atoms with Crippen molar-refractivity contribution in [3.63, 3.8) is 0 Å². The molecule has 0 bridgehead atoms. The molecule has 0 atom stereocenters. The quantitative estimate of drug-likeness (QED) is 0.669. The highest BCUT2D eigenvalue weighted by atomic mass is 35.5. The van der Waals surface area contributed by atoms with Crippen LogP contribution in [0.2, 0.25) is 0 Å². The summed E-state index contributed by atoms with van der Waals surface area (Å²) in [5.74, 6) is 0.155. The molecule has 1 aromatic rings. The summed E-state index contributed by atoms with van der Waals surface area (Å²) >= 11 is 17.5. The lowest BCUT2D eigenvalue weighted by Crippen LogP contribution is -2.13. The first-order chi connectivity index (χ1) is 5.58. The fraction of sp³-hybridized carbons (Fsp3) is 0.222. The number of halogens is 3. The predicted molar refractivity (Wildman–Crippen MR) is 55.0 cm³/mol. The first-order valence-corrected chi connectivity index (χ1v) is 4.72. The van der Waals surface area contributed by atoms with Crippen molar-refractivity contribution in [3.05, 3.63) is 42.3 Å². The zero-order valence-corrected chi connectivity index (χ0v) is 8.63. The number of benzene rings is 1. The second kappa shape index (κ2) is 3.87. The zero-order valence-electron chi connectivity index (χ0n) is 6.36. The van der Waals surface area contributed by atoms with E-state index >= 15 is 0 Å². The SMILES string of the molecule is [CH2]c1ccccc1C(Cl)(Cl)CCl. The fourth-order valence-corrected chi connectivity index (χ4v) is 1.46. The molecule has 1 radical (unpaired) electrons. The smallest absolute Gasteiger partial charge is 0.123 e. The normalized spacial score (nSPS) is 11.7. The Balaban J connectivity index is 3.10. The van der Waals surface area contributed by atoms with Gasteiger partial charge in [-0.3, -0.25) is 0 Å². The Morgan fingerprint density at radius 1 is 1.25 bits per heavy atom. The molecular formula is C9H8Cl3. The summed E-state index contributed by atoms with van der Waals surface area (Å²) in [6.45, 7) is 3.81. The van der Waals surface area contributed by atoms with E-state index in [1.165, 1.54) is 0 Å². The van der Waals surface area contributed by atoms with E-state index in [0.29, 0.717) is 0 Å². The van der Waals surface area contributed by atoms with Gasteiger partial charge < -0.3 is 0 Å². The second-order valence-electron chi connectivity index (χ2n) is 2.50. The molecule has 0 aromatic heterocycles. The summed E-state index contributed by atoms with van der Waals surface area (Å²) < 4.78 is -1.03. The Hall–Kier alpha value is 0.0900. The second-order valence-corrected chi connectivity index (χ2v) is 4.25. The average Bonchev–Trinajstić information content (AvgIpc) is 2.05. The molecule has 12 heavy (non-hydrogen) atoms. The lowest BCUT2D eigenvalue weighted by Gasteiger charge is -2.18. The van der Waals surface area contributed by atoms with E-state index in [-0.39, 0.29) is 5.88 Å². The summed E-state index contributed by atoms with van der Waals surface area (Å²) in [5, 5.41) is 0. The van der Waals surface area contributed by atoms with Crippen molar-refractivity contribution in [1.29, 1.82) is 0 Å². The molecule has 0 spiro atoms. The van der Waals surface area contributed by atoms with E-state index in [2.05, 4.69) is 6.92 Å². The monoisotopic (exact) mass is 221 g/mol. The van der Waals surface area contributed by atoms with Crippen LogP contribution in [0.3, 0.4) is 0 Å². The van der Waals surface area contributed by atoms with E-state index in [4.69, 9.17) is 34.8 Å². The lowest BCUT2D eigenvalue weighted by atomic mass is 10.1. The summed E-state index contributed by atoms with van der Waals surface area (Å²) in [6.07, 6.45) is 0. The van der Waals surface area contributed by atoms with Gasteiger partial charge in [-0.1, -0.05) is 47.5 Å². The molecule has 1 aromatic carbocycles. The maximum Gasteiger partial charge on any atom is 0.156 e. The van der Waals surface area contributed by atoms with Gasteiger partial charge in [0.2, 0.25) is 0 Å². The van der Waals surface area contributed by atoms with Crippen LogP contribution in [0.15, 0.2) is 24.3 Å². The van der Waals surface area contributed by atoms with Crippen LogP contribution in [0.5, 0.6) is 0 Å². The van der Waals surface area contributed by atoms with E-state index in [0.717, 1.165) is 11.1 Å². The van der Waals surface area contributed by atoms with Gasteiger partial charge >= 0.3 is 0 Å². The Morgan fingerprint density at radius 3 is 2.33 bits per heavy atom. The highest BCUT2D eigenvalue weighted by molar-refractivity contribution is 6.51. The Bertz CT molecular complexity index is 268. The molecule has 0 aliphatic rings. The van der Waals surface area contributed by atoms with Gasteiger partial charge in [0, 0.05) is 0 Å². The molecule has 0 N–H and O–H groups in total. The molecule has 0 saturated heterocycles. The molecule has 3 heteroatoms. The Kier molecular flexibility index (Phi) is 3.28. The standard InChI is InChI=1S/C9H8Cl3/c1-7-4-2-3-5-8(7)9(11,12)6-10/h2-5H,1,6H2. The summed E-state index contributed by atoms with van der Waals surface area (Å²) in [6, 6.07) is 7.41. The summed E-state index contributed by atoms with van der Waals surface area (Å²) in [7, 11) is 0. The third kappa shape index (κ3) is 2.07. The van der Waals surface area contributed by atoms with Crippen LogP contribution < -0.4 is 0 Å². The molecule has 0 aliphatic carbocycles. The van der Waals surface area contributed by atoms with Crippen molar-refractivity contribution in [3.8, 4) is 0 Å². The molecule has 0 nitrogen and oxygen atoms in total. The van der Waals surface area contributed by atoms with E-state index in [1.807, 2.05) is 24.3 Å². The van der Waals surface area contributed by atoms with Crippen molar-refractivity contribution in [2.24, 2.45) is 0 Å². The van der Waals surface area contributed by atoms with Crippen LogP contribution in [0, 0.1) is 6.92 Å². The largest absolute Gasteiger partial charge is 0.156 e. The fourth-order valence-electron chi connectivity index (χ4n) is 0.949. The first kappa shape index (κ1) is 10.2. The Labute approximate surface area is 87.4 Å². The number of hydrogen-bond donors (Lipinski definition) is 0. The van der Waals surface area contributed by atoms with Crippen LogP contribution >= 0.6 is 34.8 Å². The third-order valence-corrected chi connectivity index (χ3v) is 2.93. The van der Waals surface area contributed by atoms with Crippen molar-refractivity contribution >= 4 is 34.8 Å². The van der Waals surface area contributed by atoms with Gasteiger partial charge in [-0.2, -0.15) is 0 Å². The van der Waals surface area contributed by atoms with Gasteiger partial charge in [0.25, 0.3) is 0 Å². The van der Waals surface area contributed by atoms with Crippen LogP contribution in [0.4, 0.5) is 0 Å². The van der Waals surface area contributed by atoms with Gasteiger partial charge in [-0.15, -0.1) is 11.6 Å². The topological polar surface area (TPSA) is 0 Å². The van der Waals surface area contributed by atoms with Crippen molar-refractivity contribution in [1.82, 2.24) is 0 Å². The first-order valence-electron chi connectivity index (χ1n) is 3.43. The van der Waals surface area contributed by atoms with Crippen LogP contribution in [-0.4, -0.2) is 5.88 Å². The third-order valence-electron chi connectivity index (χ3n) is 1.58. The van der Waals surface area contributed by atoms with Crippen molar-refractivity contribution in [2.45, 2.75) is 4.33 Å². The zero-order chi connectivity index (χ0) is 9.19. The molecular weight excluding hydrogens is 214 g/mol. The van der Waals surface area contributed by atoms with E-state index in [9.17, 15) is 0 Å². The maximum absolute atomic E-state index is 5.94. The molecule has 0 amide bonds. The predicted octanol–water partition coefficient (Wildman–Crippen LogP) is 3.74. The van der Waals surface area contributed by atoms with E-state index in [1.54, 1.807) is 0 Å². The maximum atomic E-state index is 5.94. The lowest BCUT2D eigenvalue weighted by molar-refractivity contribution is 0.978. The molecule has 0 aliphatic heterocycles. The van der Waals surface area contributed by atoms with Gasteiger partial charge in [-0.05, 0) is 18.1 Å². The highest BCUT2D eigenvalue weighted by Crippen LogP contribution is 2.36. The molecule has 0 saturated carbocycles. The Morgan fingerprint density at radius 2 is 1.83 bits per heavy atom. The minimum Gasteiger partial charge on any atom is -0.123 e. The minimum atomic E-state index is -1.03. The highest BCUT2D eigenvalue weighted by Gasteiger charge is 2.26. The van der Waals surface area contributed by atoms with Crippen LogP contribution in [0.1, 0.15) is 11.1 Å². The number of alkyl halides is 3. The minimum absolute atomic E-state index is 0.155. The number of hydrogen-bond acceptors (Lipinski definition) is 0. The van der Waals surface area contributed by atoms with Gasteiger partial charge in [0.1, 0.15) is 0 Å². The van der Waals surface area contributed by atoms with Crippen LogP contribution in [0.25, 0.3) is 0 Å². The molecule has 0 unspecified atom stereocenters. The van der Waals surface area contributed by atoms with E-state index < -0.39 is 4.33 Å². The van der Waals surface area contributed by atoms with Gasteiger partial charge in [-0.25, -0.2) is 0 Å². The molecule has 1 rings (SSSR count). The van der Waals surface area contributed by atoms with Crippen LogP contribution in [-0.2, 0) is 4.33 Å². The van der Waals surface area contributed by atoms with Gasteiger partial charge in [0.05, 0.1) is 5.88 Å². The number of rotatable bonds is 2. The molecule has 65 valence electrons. The molecule has 0 fully saturated rings. The summed E-state index contributed by atoms with van der Waals surface area (Å²) in [5.41, 5.74) is 1.58. The van der Waals surface area contributed by atoms with Crippen molar-refractivity contribution in [2.75, 3.05) is 5.88 Å².